The molecule has 4 aromatic rings. The third kappa shape index (κ3) is 7.88. The van der Waals surface area contributed by atoms with E-state index < -0.39 is 30.3 Å². The maximum Gasteiger partial charge on any atom is 0.409 e. The van der Waals surface area contributed by atoms with Crippen LogP contribution in [0.15, 0.2) is 54.1 Å². The summed E-state index contributed by atoms with van der Waals surface area (Å²) in [4.78, 5) is 56.1. The number of hydrogen-bond acceptors (Lipinski definition) is 11. The number of aliphatic hydroxyl groups excluding tert-OH is 1. The largest absolute Gasteiger partial charge is 0.409 e. The van der Waals surface area contributed by atoms with Crippen LogP contribution in [0.3, 0.4) is 0 Å². The van der Waals surface area contributed by atoms with Crippen LogP contribution in [0, 0.1) is 5.41 Å². The monoisotopic (exact) mass is 832 g/mol. The zero-order valence-corrected chi connectivity index (χ0v) is 34.0. The molecule has 2 amide bonds. The van der Waals surface area contributed by atoms with E-state index in [4.69, 9.17) is 4.74 Å². The lowest BCUT2D eigenvalue weighted by molar-refractivity contribution is -0.159. The molecule has 1 aromatic carbocycles. The van der Waals surface area contributed by atoms with Crippen LogP contribution < -0.4 is 26.0 Å². The predicted octanol–water partition coefficient (Wildman–Crippen LogP) is 5.82. The standard InChI is InChI=1S/C42H47F3N8O5S/c1-5-35(55)48-30-18-24(6-7-32(30)52-15-14-51(22-34(52)42(43,44)45)25-10-16-58-17-11-25)47-37-40(57)50(4)21-31(49-37)26-8-12-46-38(29(26)23-54)53-13-9-27-28-19-41(2,3)20-33(28)59-36(27)39(53)56/h5-8,12,18,21,25,34,54H,1,9-11,13-17,19-20,22-23H2,2-4H3,(H,47,49)(H,48,55)/t34-/m1/s1. The van der Waals surface area contributed by atoms with Gasteiger partial charge in [-0.2, -0.15) is 13.2 Å². The average molecular weight is 833 g/mol. The smallest absolute Gasteiger partial charge is 0.392 e. The minimum absolute atomic E-state index is 0.00408. The molecule has 0 unspecified atom stereocenters. The molecule has 0 spiro atoms. The van der Waals surface area contributed by atoms with Gasteiger partial charge in [-0.1, -0.05) is 20.4 Å². The van der Waals surface area contributed by atoms with Gasteiger partial charge >= 0.3 is 6.18 Å². The molecule has 8 rings (SSSR count). The summed E-state index contributed by atoms with van der Waals surface area (Å²) in [6.45, 7) is 9.17. The second-order valence-corrected chi connectivity index (χ2v) is 17.5. The second-order valence-electron chi connectivity index (χ2n) is 16.4. The zero-order valence-electron chi connectivity index (χ0n) is 33.2. The molecule has 3 aromatic heterocycles. The fourth-order valence-electron chi connectivity index (χ4n) is 8.93. The van der Waals surface area contributed by atoms with Crippen molar-refractivity contribution in [2.75, 3.05) is 59.8 Å². The number of alkyl halides is 3. The number of ether oxygens (including phenoxy) is 1. The van der Waals surface area contributed by atoms with Crippen molar-refractivity contribution in [2.45, 2.75) is 70.8 Å². The maximum atomic E-state index is 14.7. The SMILES string of the molecule is C=CC(=O)Nc1cc(Nc2nc(-c3ccnc(N4CCc5c(sc6c5CC(C)(C)C6)C4=O)c3CO)cn(C)c2=O)ccc1N1CCN(C2CCOCC2)C[C@@H]1C(F)(F)F. The van der Waals surface area contributed by atoms with E-state index in [9.17, 15) is 32.7 Å². The number of carbonyl (C=O) groups excluding carboxylic acids is 2. The molecule has 3 aliphatic heterocycles. The third-order valence-electron chi connectivity index (χ3n) is 11.8. The van der Waals surface area contributed by atoms with Crippen molar-refractivity contribution in [1.29, 1.82) is 0 Å². The summed E-state index contributed by atoms with van der Waals surface area (Å²) in [6, 6.07) is 4.30. The Morgan fingerprint density at radius 2 is 1.90 bits per heavy atom. The van der Waals surface area contributed by atoms with Crippen molar-refractivity contribution in [2.24, 2.45) is 12.5 Å². The lowest BCUT2D eigenvalue weighted by Crippen LogP contribution is -2.61. The van der Waals surface area contributed by atoms with E-state index in [0.29, 0.717) is 73.1 Å². The van der Waals surface area contributed by atoms with Gasteiger partial charge in [0.2, 0.25) is 5.91 Å². The molecular formula is C42H47F3N8O5S. The molecule has 0 bridgehead atoms. The highest BCUT2D eigenvalue weighted by Crippen LogP contribution is 2.46. The fraction of sp³-hybridized carbons (Fsp3) is 0.452. The van der Waals surface area contributed by atoms with Gasteiger partial charge in [0.1, 0.15) is 11.9 Å². The van der Waals surface area contributed by atoms with Crippen LogP contribution in [0.5, 0.6) is 0 Å². The molecule has 4 aliphatic rings. The van der Waals surface area contributed by atoms with Gasteiger partial charge in [0, 0.05) is 86.6 Å². The van der Waals surface area contributed by atoms with Gasteiger partial charge in [-0.05, 0) is 79.0 Å². The van der Waals surface area contributed by atoms with Gasteiger partial charge in [0.05, 0.1) is 28.6 Å². The summed E-state index contributed by atoms with van der Waals surface area (Å²) in [7, 11) is 1.54. The molecule has 2 saturated heterocycles. The average Bonchev–Trinajstić information content (AvgIpc) is 3.71. The van der Waals surface area contributed by atoms with E-state index >= 15 is 0 Å². The van der Waals surface area contributed by atoms with Crippen LogP contribution in [0.4, 0.5) is 41.9 Å². The number of nitrogens with zero attached hydrogens (tertiary/aromatic N) is 6. The van der Waals surface area contributed by atoms with Crippen molar-refractivity contribution in [1.82, 2.24) is 19.4 Å². The van der Waals surface area contributed by atoms with Crippen molar-refractivity contribution in [3.05, 3.63) is 86.1 Å². The highest BCUT2D eigenvalue weighted by Gasteiger charge is 2.48. The number of hydrogen-bond donors (Lipinski definition) is 3. The lowest BCUT2D eigenvalue weighted by Gasteiger charge is -2.47. The summed E-state index contributed by atoms with van der Waals surface area (Å²) in [5.74, 6) is -0.592. The number of aryl methyl sites for hydroxylation is 1. The highest BCUT2D eigenvalue weighted by atomic mass is 32.1. The number of aliphatic hydroxyl groups is 1. The normalized spacial score (nSPS) is 19.7. The van der Waals surface area contributed by atoms with E-state index in [1.165, 1.54) is 50.5 Å². The Balaban J connectivity index is 1.09. The number of aromatic nitrogens is 3. The number of nitrogens with one attached hydrogen (secondary N) is 2. The van der Waals surface area contributed by atoms with Crippen LogP contribution in [0.25, 0.3) is 11.3 Å². The molecule has 1 atom stereocenters. The van der Waals surface area contributed by atoms with Gasteiger partial charge in [-0.25, -0.2) is 9.97 Å². The lowest BCUT2D eigenvalue weighted by atomic mass is 9.89. The number of pyridine rings is 1. The van der Waals surface area contributed by atoms with Gasteiger partial charge in [-0.3, -0.25) is 24.2 Å². The first-order chi connectivity index (χ1) is 28.2. The molecule has 0 radical (unpaired) electrons. The minimum Gasteiger partial charge on any atom is -0.392 e. The number of fused-ring (bicyclic) bond motifs is 3. The van der Waals surface area contributed by atoms with Crippen molar-refractivity contribution in [3.8, 4) is 11.3 Å². The molecule has 13 nitrogen and oxygen atoms in total. The first-order valence-corrected chi connectivity index (χ1v) is 20.6. The number of amides is 2. The molecular weight excluding hydrogens is 786 g/mol. The first-order valence-electron chi connectivity index (χ1n) is 19.8. The van der Waals surface area contributed by atoms with Gasteiger partial charge in [0.15, 0.2) is 5.82 Å². The van der Waals surface area contributed by atoms with Crippen molar-refractivity contribution < 1.29 is 32.6 Å². The Morgan fingerprint density at radius 3 is 2.63 bits per heavy atom. The van der Waals surface area contributed by atoms with E-state index in [1.54, 1.807) is 29.4 Å². The topological polar surface area (TPSA) is 145 Å². The van der Waals surface area contributed by atoms with Crippen LogP contribution in [-0.2, 0) is 42.4 Å². The number of anilines is 5. The van der Waals surface area contributed by atoms with Gasteiger partial charge in [0.25, 0.3) is 11.5 Å². The number of halogens is 3. The summed E-state index contributed by atoms with van der Waals surface area (Å²) in [5, 5.41) is 16.4. The molecule has 59 heavy (non-hydrogen) atoms. The molecule has 3 N–H and O–H groups in total. The van der Waals surface area contributed by atoms with E-state index in [-0.39, 0.29) is 53.3 Å². The second kappa shape index (κ2) is 15.8. The first kappa shape index (κ1) is 40.7. The summed E-state index contributed by atoms with van der Waals surface area (Å²) in [6.07, 6.45) is 3.38. The predicted molar refractivity (Wildman–Crippen MR) is 221 cm³/mol. The van der Waals surface area contributed by atoms with Crippen LogP contribution in [-0.4, -0.2) is 94.0 Å². The number of rotatable bonds is 9. The molecule has 6 heterocycles. The van der Waals surface area contributed by atoms with Crippen molar-refractivity contribution >= 4 is 51.8 Å². The van der Waals surface area contributed by atoms with Crippen LogP contribution in [0.1, 0.15) is 57.9 Å². The molecule has 312 valence electrons. The fourth-order valence-corrected chi connectivity index (χ4v) is 10.5. The van der Waals surface area contributed by atoms with E-state index in [0.717, 1.165) is 24.5 Å². The minimum atomic E-state index is -4.57. The Labute approximate surface area is 343 Å². The summed E-state index contributed by atoms with van der Waals surface area (Å²) < 4.78 is 50.9. The van der Waals surface area contributed by atoms with Crippen LogP contribution in [0.2, 0.25) is 0 Å². The van der Waals surface area contributed by atoms with E-state index in [1.807, 2.05) is 4.90 Å². The Kier molecular flexibility index (Phi) is 10.9. The Bertz CT molecular complexity index is 2370. The number of benzene rings is 1. The number of carbonyl (C=O) groups is 2. The summed E-state index contributed by atoms with van der Waals surface area (Å²) in [5.41, 5.74) is 3.72. The molecule has 0 saturated carbocycles. The quantitative estimate of drug-likeness (QED) is 0.177. The zero-order chi connectivity index (χ0) is 41.8. The number of thiophene rings is 1. The molecule has 17 heteroatoms. The Morgan fingerprint density at radius 1 is 1.12 bits per heavy atom. The molecule has 1 aliphatic carbocycles. The number of piperazine rings is 1. The third-order valence-corrected chi connectivity index (χ3v) is 13.1. The van der Waals surface area contributed by atoms with E-state index in [2.05, 4.69) is 41.0 Å². The van der Waals surface area contributed by atoms with Crippen molar-refractivity contribution in [3.63, 3.8) is 0 Å². The van der Waals surface area contributed by atoms with Gasteiger partial charge < -0.3 is 29.9 Å². The maximum absolute atomic E-state index is 14.7. The van der Waals surface area contributed by atoms with Gasteiger partial charge in [-0.15, -0.1) is 11.3 Å². The van der Waals surface area contributed by atoms with Crippen LogP contribution >= 0.6 is 11.3 Å². The summed E-state index contributed by atoms with van der Waals surface area (Å²) >= 11 is 1.55. The Hall–Kier alpha value is -5.10. The molecule has 2 fully saturated rings. The highest BCUT2D eigenvalue weighted by molar-refractivity contribution is 7.14.